The van der Waals surface area contributed by atoms with E-state index in [1.165, 1.54) is 17.0 Å². The summed E-state index contributed by atoms with van der Waals surface area (Å²) in [5.41, 5.74) is 0.725. The molecule has 1 heterocycles. The van der Waals surface area contributed by atoms with Crippen LogP contribution in [0.4, 0.5) is 17.6 Å². The molecule has 1 aliphatic rings. The van der Waals surface area contributed by atoms with Gasteiger partial charge in [0.25, 0.3) is 0 Å². The van der Waals surface area contributed by atoms with E-state index in [-0.39, 0.29) is 11.9 Å². The maximum absolute atomic E-state index is 13.3. The van der Waals surface area contributed by atoms with Crippen molar-refractivity contribution < 1.29 is 17.6 Å². The highest BCUT2D eigenvalue weighted by Crippen LogP contribution is 2.20. The molecule has 0 amide bonds. The zero-order chi connectivity index (χ0) is 17.7. The van der Waals surface area contributed by atoms with Gasteiger partial charge in [-0.3, -0.25) is 9.89 Å². The van der Waals surface area contributed by atoms with Gasteiger partial charge in [0, 0.05) is 37.2 Å². The van der Waals surface area contributed by atoms with Crippen LogP contribution in [0, 0.1) is 5.82 Å². The van der Waals surface area contributed by atoms with E-state index in [1.807, 2.05) is 0 Å². The van der Waals surface area contributed by atoms with Crippen molar-refractivity contribution in [2.24, 2.45) is 4.99 Å². The molecule has 0 aliphatic carbocycles. The summed E-state index contributed by atoms with van der Waals surface area (Å²) >= 11 is 3.35. The lowest BCUT2D eigenvalue weighted by Gasteiger charge is -2.20. The van der Waals surface area contributed by atoms with Crippen LogP contribution in [0.1, 0.15) is 12.0 Å². The van der Waals surface area contributed by atoms with Crippen LogP contribution in [0.25, 0.3) is 0 Å². The number of hydrogen-bond acceptors (Lipinski definition) is 2. The number of guanidine groups is 1. The number of hydrogen-bond donors (Lipinski definition) is 2. The second-order valence-corrected chi connectivity index (χ2v) is 6.50. The van der Waals surface area contributed by atoms with E-state index >= 15 is 0 Å². The van der Waals surface area contributed by atoms with Crippen molar-refractivity contribution in [3.63, 3.8) is 0 Å². The highest BCUT2D eigenvalue weighted by atomic mass is 79.9. The molecule has 1 aliphatic heterocycles. The lowest BCUT2D eigenvalue weighted by molar-refractivity contribution is -0.143. The molecule has 2 rings (SSSR count). The number of likely N-dealkylation sites (tertiary alicyclic amines) is 1. The summed E-state index contributed by atoms with van der Waals surface area (Å²) in [6.07, 6.45) is -3.57. The Kier molecular flexibility index (Phi) is 6.45. The standard InChI is InChI=1S/C15H19BrF4N4/c1-21-14(22-7-10-6-11(17)2-3-13(10)16)23-12-4-5-24(8-12)9-15(18,19)20/h2-3,6,12H,4-5,7-9H2,1H3,(H2,21,22,23). The molecule has 24 heavy (non-hydrogen) atoms. The molecular formula is C15H19BrF4N4. The third-order valence-corrected chi connectivity index (χ3v) is 4.47. The number of alkyl halides is 3. The van der Waals surface area contributed by atoms with E-state index in [0.717, 1.165) is 10.0 Å². The molecular weight excluding hydrogens is 392 g/mol. The highest BCUT2D eigenvalue weighted by Gasteiger charge is 2.34. The Morgan fingerprint density at radius 3 is 2.83 bits per heavy atom. The van der Waals surface area contributed by atoms with Crippen molar-refractivity contribution >= 4 is 21.9 Å². The van der Waals surface area contributed by atoms with Gasteiger partial charge in [0.1, 0.15) is 5.82 Å². The van der Waals surface area contributed by atoms with Crippen LogP contribution >= 0.6 is 15.9 Å². The van der Waals surface area contributed by atoms with Gasteiger partial charge in [-0.2, -0.15) is 13.2 Å². The first-order valence-corrected chi connectivity index (χ1v) is 8.26. The molecule has 1 atom stereocenters. The lowest BCUT2D eigenvalue weighted by atomic mass is 10.2. The van der Waals surface area contributed by atoms with Crippen molar-refractivity contribution in [1.82, 2.24) is 15.5 Å². The van der Waals surface area contributed by atoms with Crippen LogP contribution in [0.15, 0.2) is 27.7 Å². The highest BCUT2D eigenvalue weighted by molar-refractivity contribution is 9.10. The molecule has 1 unspecified atom stereocenters. The van der Waals surface area contributed by atoms with Crippen LogP contribution in [0.2, 0.25) is 0 Å². The molecule has 1 saturated heterocycles. The molecule has 0 saturated carbocycles. The van der Waals surface area contributed by atoms with Gasteiger partial charge in [-0.25, -0.2) is 4.39 Å². The van der Waals surface area contributed by atoms with Crippen molar-refractivity contribution in [2.45, 2.75) is 25.2 Å². The molecule has 0 spiro atoms. The van der Waals surface area contributed by atoms with E-state index in [0.29, 0.717) is 32.0 Å². The van der Waals surface area contributed by atoms with E-state index in [2.05, 4.69) is 31.6 Å². The summed E-state index contributed by atoms with van der Waals surface area (Å²) in [5, 5.41) is 6.15. The van der Waals surface area contributed by atoms with Gasteiger partial charge in [-0.1, -0.05) is 15.9 Å². The van der Waals surface area contributed by atoms with E-state index < -0.39 is 12.7 Å². The summed E-state index contributed by atoms with van der Waals surface area (Å²) in [6, 6.07) is 4.28. The maximum atomic E-state index is 13.3. The quantitative estimate of drug-likeness (QED) is 0.455. The monoisotopic (exact) mass is 410 g/mol. The Labute approximate surface area is 146 Å². The minimum atomic E-state index is -4.18. The van der Waals surface area contributed by atoms with Crippen LogP contribution in [0.3, 0.4) is 0 Å². The zero-order valence-electron chi connectivity index (χ0n) is 13.1. The van der Waals surface area contributed by atoms with Crippen LogP contribution in [-0.4, -0.2) is 49.8 Å². The number of benzene rings is 1. The molecule has 2 N–H and O–H groups in total. The molecule has 1 aromatic rings. The minimum absolute atomic E-state index is 0.102. The van der Waals surface area contributed by atoms with Crippen molar-refractivity contribution in [3.05, 3.63) is 34.1 Å². The fourth-order valence-electron chi connectivity index (χ4n) is 2.59. The van der Waals surface area contributed by atoms with E-state index in [4.69, 9.17) is 0 Å². The van der Waals surface area contributed by atoms with Gasteiger partial charge >= 0.3 is 6.18 Å². The summed E-state index contributed by atoms with van der Waals surface area (Å²) in [6.45, 7) is 0.151. The van der Waals surface area contributed by atoms with Crippen LogP contribution < -0.4 is 10.6 Å². The Morgan fingerprint density at radius 2 is 2.17 bits per heavy atom. The largest absolute Gasteiger partial charge is 0.401 e. The maximum Gasteiger partial charge on any atom is 0.401 e. The van der Waals surface area contributed by atoms with Gasteiger partial charge in [0.2, 0.25) is 0 Å². The molecule has 0 radical (unpaired) electrons. The number of rotatable bonds is 4. The molecule has 0 bridgehead atoms. The smallest absolute Gasteiger partial charge is 0.352 e. The molecule has 134 valence electrons. The first-order chi connectivity index (χ1) is 11.3. The number of nitrogens with one attached hydrogen (secondary N) is 2. The van der Waals surface area contributed by atoms with Gasteiger partial charge in [-0.15, -0.1) is 0 Å². The molecule has 4 nitrogen and oxygen atoms in total. The normalized spacial score (nSPS) is 19.6. The second-order valence-electron chi connectivity index (χ2n) is 5.64. The van der Waals surface area contributed by atoms with Gasteiger partial charge < -0.3 is 10.6 Å². The molecule has 9 heteroatoms. The first-order valence-electron chi connectivity index (χ1n) is 7.47. The zero-order valence-corrected chi connectivity index (χ0v) is 14.7. The third-order valence-electron chi connectivity index (χ3n) is 3.69. The fourth-order valence-corrected chi connectivity index (χ4v) is 2.98. The summed E-state index contributed by atoms with van der Waals surface area (Å²) in [5.74, 6) is 0.140. The summed E-state index contributed by atoms with van der Waals surface area (Å²) < 4.78 is 51.3. The van der Waals surface area contributed by atoms with Crippen LogP contribution in [-0.2, 0) is 6.54 Å². The Hall–Kier alpha value is -1.35. The predicted octanol–water partition coefficient (Wildman–Crippen LogP) is 2.89. The van der Waals surface area contributed by atoms with Crippen molar-refractivity contribution in [1.29, 1.82) is 0 Å². The van der Waals surface area contributed by atoms with Gasteiger partial charge in [0.15, 0.2) is 5.96 Å². The third kappa shape index (κ3) is 5.94. The average molecular weight is 411 g/mol. The predicted molar refractivity (Wildman–Crippen MR) is 88.3 cm³/mol. The van der Waals surface area contributed by atoms with Gasteiger partial charge in [-0.05, 0) is 30.2 Å². The fraction of sp³-hybridized carbons (Fsp3) is 0.533. The number of halogens is 5. The van der Waals surface area contributed by atoms with Crippen molar-refractivity contribution in [2.75, 3.05) is 26.7 Å². The van der Waals surface area contributed by atoms with E-state index in [9.17, 15) is 17.6 Å². The number of nitrogens with zero attached hydrogens (tertiary/aromatic N) is 2. The molecule has 1 aromatic carbocycles. The second kappa shape index (κ2) is 8.15. The Morgan fingerprint density at radius 1 is 1.42 bits per heavy atom. The van der Waals surface area contributed by atoms with Gasteiger partial charge in [0.05, 0.1) is 6.54 Å². The Balaban J connectivity index is 1.84. The van der Waals surface area contributed by atoms with E-state index in [1.54, 1.807) is 13.1 Å². The summed E-state index contributed by atoms with van der Waals surface area (Å²) in [4.78, 5) is 5.43. The average Bonchev–Trinajstić information content (AvgIpc) is 2.91. The molecule has 1 fully saturated rings. The first kappa shape index (κ1) is 19.0. The summed E-state index contributed by atoms with van der Waals surface area (Å²) in [7, 11) is 1.58. The SMILES string of the molecule is CN=C(NCc1cc(F)ccc1Br)NC1CCN(CC(F)(F)F)C1. The topological polar surface area (TPSA) is 39.7 Å². The Bertz CT molecular complexity index is 591. The molecule has 0 aromatic heterocycles. The van der Waals surface area contributed by atoms with Crippen LogP contribution in [0.5, 0.6) is 0 Å². The number of aliphatic imine (C=N–C) groups is 1. The minimum Gasteiger partial charge on any atom is -0.352 e. The lowest BCUT2D eigenvalue weighted by Crippen LogP contribution is -2.44. The van der Waals surface area contributed by atoms with Crippen molar-refractivity contribution in [3.8, 4) is 0 Å².